The number of nitrogens with zero attached hydrogens (tertiary/aromatic N) is 1. The molecule has 1 atom stereocenters. The molecule has 3 rings (SSSR count). The quantitative estimate of drug-likeness (QED) is 0.374. The summed E-state index contributed by atoms with van der Waals surface area (Å²) in [6, 6.07) is 26.2. The first-order valence-corrected chi connectivity index (χ1v) is 12.2. The molecule has 0 aliphatic carbocycles. The van der Waals surface area contributed by atoms with E-state index in [1.54, 1.807) is 17.0 Å². The fraction of sp³-hybridized carbons (Fsp3) is 0.286. The van der Waals surface area contributed by atoms with Crippen molar-refractivity contribution in [3.05, 3.63) is 101 Å². The van der Waals surface area contributed by atoms with E-state index in [4.69, 9.17) is 4.74 Å². The van der Waals surface area contributed by atoms with E-state index in [0.717, 1.165) is 15.6 Å². The van der Waals surface area contributed by atoms with Crippen molar-refractivity contribution in [3.8, 4) is 5.75 Å². The van der Waals surface area contributed by atoms with Gasteiger partial charge in [0.25, 0.3) is 5.91 Å². The lowest BCUT2D eigenvalue weighted by molar-refractivity contribution is -0.142. The maximum Gasteiger partial charge on any atom is 0.261 e. The van der Waals surface area contributed by atoms with Gasteiger partial charge in [0.15, 0.2) is 6.61 Å². The maximum atomic E-state index is 13.5. The molecule has 178 valence electrons. The second-order valence-electron chi connectivity index (χ2n) is 8.59. The minimum Gasteiger partial charge on any atom is -0.484 e. The molecular formula is C28H31BrN2O3. The number of halogens is 1. The van der Waals surface area contributed by atoms with Crippen LogP contribution in [0, 0.1) is 5.92 Å². The molecule has 0 fully saturated rings. The zero-order chi connectivity index (χ0) is 24.3. The predicted molar refractivity (Wildman–Crippen MR) is 138 cm³/mol. The zero-order valence-electron chi connectivity index (χ0n) is 19.6. The topological polar surface area (TPSA) is 58.6 Å². The van der Waals surface area contributed by atoms with Gasteiger partial charge < -0.3 is 15.0 Å². The molecule has 34 heavy (non-hydrogen) atoms. The lowest BCUT2D eigenvalue weighted by Gasteiger charge is -2.31. The van der Waals surface area contributed by atoms with Crippen molar-refractivity contribution in [1.82, 2.24) is 10.2 Å². The van der Waals surface area contributed by atoms with Crippen LogP contribution in [0.5, 0.6) is 5.75 Å². The Morgan fingerprint density at radius 3 is 2.06 bits per heavy atom. The molecule has 5 nitrogen and oxygen atoms in total. The largest absolute Gasteiger partial charge is 0.484 e. The molecule has 0 radical (unpaired) electrons. The summed E-state index contributed by atoms with van der Waals surface area (Å²) in [6.07, 6.45) is 0.418. The monoisotopic (exact) mass is 522 g/mol. The summed E-state index contributed by atoms with van der Waals surface area (Å²) >= 11 is 3.40. The summed E-state index contributed by atoms with van der Waals surface area (Å²) < 4.78 is 6.71. The van der Waals surface area contributed by atoms with Gasteiger partial charge in [-0.25, -0.2) is 0 Å². The van der Waals surface area contributed by atoms with Gasteiger partial charge in [0.2, 0.25) is 5.91 Å². The Labute approximate surface area is 210 Å². The minimum atomic E-state index is -0.664. The molecule has 0 saturated heterocycles. The van der Waals surface area contributed by atoms with Gasteiger partial charge >= 0.3 is 0 Å². The van der Waals surface area contributed by atoms with E-state index in [2.05, 4.69) is 21.2 Å². The van der Waals surface area contributed by atoms with Crippen LogP contribution >= 0.6 is 15.9 Å². The van der Waals surface area contributed by atoms with E-state index in [9.17, 15) is 9.59 Å². The molecular weight excluding hydrogens is 492 g/mol. The Morgan fingerprint density at radius 1 is 0.882 bits per heavy atom. The van der Waals surface area contributed by atoms with Gasteiger partial charge in [-0.15, -0.1) is 0 Å². The number of nitrogens with one attached hydrogen (secondary N) is 1. The highest BCUT2D eigenvalue weighted by Crippen LogP contribution is 2.18. The van der Waals surface area contributed by atoms with Gasteiger partial charge in [-0.05, 0) is 41.3 Å². The van der Waals surface area contributed by atoms with Crippen molar-refractivity contribution in [1.29, 1.82) is 0 Å². The molecule has 0 aliphatic heterocycles. The van der Waals surface area contributed by atoms with E-state index in [0.29, 0.717) is 31.2 Å². The first-order valence-electron chi connectivity index (χ1n) is 11.5. The molecule has 1 N–H and O–H groups in total. The Kier molecular flexibility index (Phi) is 9.71. The van der Waals surface area contributed by atoms with Gasteiger partial charge in [-0.1, -0.05) is 90.4 Å². The van der Waals surface area contributed by atoms with Crippen LogP contribution in [-0.4, -0.2) is 35.9 Å². The highest BCUT2D eigenvalue weighted by Gasteiger charge is 2.30. The highest BCUT2D eigenvalue weighted by atomic mass is 79.9. The van der Waals surface area contributed by atoms with Gasteiger partial charge in [-0.2, -0.15) is 0 Å². The average Bonchev–Trinajstić information content (AvgIpc) is 2.85. The van der Waals surface area contributed by atoms with Crippen LogP contribution in [0.1, 0.15) is 25.0 Å². The van der Waals surface area contributed by atoms with Crippen molar-refractivity contribution in [2.24, 2.45) is 5.92 Å². The fourth-order valence-electron chi connectivity index (χ4n) is 3.52. The Hall–Kier alpha value is -3.12. The highest BCUT2D eigenvalue weighted by molar-refractivity contribution is 9.10. The van der Waals surface area contributed by atoms with Gasteiger partial charge in [0.05, 0.1) is 0 Å². The maximum absolute atomic E-state index is 13.5. The lowest BCUT2D eigenvalue weighted by atomic mass is 10.0. The Bertz CT molecular complexity index is 1040. The van der Waals surface area contributed by atoms with Crippen molar-refractivity contribution < 1.29 is 14.3 Å². The van der Waals surface area contributed by atoms with E-state index in [1.807, 2.05) is 86.6 Å². The average molecular weight is 523 g/mol. The predicted octanol–water partition coefficient (Wildman–Crippen LogP) is 5.24. The molecule has 0 aromatic heterocycles. The number of carbonyl (C=O) groups is 2. The van der Waals surface area contributed by atoms with E-state index < -0.39 is 6.04 Å². The van der Waals surface area contributed by atoms with Crippen LogP contribution in [0.3, 0.4) is 0 Å². The first kappa shape index (κ1) is 25.5. The summed E-state index contributed by atoms with van der Waals surface area (Å²) in [5.74, 6) is 0.498. The summed E-state index contributed by atoms with van der Waals surface area (Å²) in [7, 11) is 0. The molecule has 2 amide bonds. The smallest absolute Gasteiger partial charge is 0.261 e. The Morgan fingerprint density at radius 2 is 1.47 bits per heavy atom. The molecule has 1 unspecified atom stereocenters. The van der Waals surface area contributed by atoms with Gasteiger partial charge in [0, 0.05) is 24.0 Å². The summed E-state index contributed by atoms with van der Waals surface area (Å²) in [6.45, 7) is 4.80. The summed E-state index contributed by atoms with van der Waals surface area (Å²) in [5, 5.41) is 3.02. The van der Waals surface area contributed by atoms with Crippen LogP contribution in [0.25, 0.3) is 0 Å². The molecule has 0 heterocycles. The Balaban J connectivity index is 1.86. The number of ether oxygens (including phenoxy) is 1. The molecule has 3 aromatic carbocycles. The number of hydrogen-bond acceptors (Lipinski definition) is 3. The second kappa shape index (κ2) is 12.9. The molecule has 3 aromatic rings. The number of rotatable bonds is 11. The lowest BCUT2D eigenvalue weighted by Crippen LogP contribution is -2.52. The third kappa shape index (κ3) is 8.03. The third-order valence-corrected chi connectivity index (χ3v) is 5.86. The molecule has 0 saturated carbocycles. The van der Waals surface area contributed by atoms with Crippen LogP contribution in [0.15, 0.2) is 89.4 Å². The van der Waals surface area contributed by atoms with Crippen LogP contribution in [0.4, 0.5) is 0 Å². The van der Waals surface area contributed by atoms with Crippen LogP contribution < -0.4 is 10.1 Å². The third-order valence-electron chi connectivity index (χ3n) is 5.33. The van der Waals surface area contributed by atoms with Gasteiger partial charge in [-0.3, -0.25) is 9.59 Å². The number of carbonyl (C=O) groups excluding carboxylic acids is 2. The van der Waals surface area contributed by atoms with E-state index in [-0.39, 0.29) is 18.4 Å². The number of benzene rings is 3. The molecule has 6 heteroatoms. The summed E-state index contributed by atoms with van der Waals surface area (Å²) in [4.78, 5) is 28.5. The SMILES string of the molecule is CC(C)CNC(=O)C(Cc1ccccc1)N(Cc1ccccc1)C(=O)COc1ccc(Br)cc1. The first-order chi connectivity index (χ1) is 16.4. The zero-order valence-corrected chi connectivity index (χ0v) is 21.2. The van der Waals surface area contributed by atoms with Crippen molar-refractivity contribution in [3.63, 3.8) is 0 Å². The number of hydrogen-bond donors (Lipinski definition) is 1. The van der Waals surface area contributed by atoms with Crippen LogP contribution in [0.2, 0.25) is 0 Å². The van der Waals surface area contributed by atoms with Crippen molar-refractivity contribution >= 4 is 27.7 Å². The standard InChI is InChI=1S/C28H31BrN2O3/c1-21(2)18-30-28(33)26(17-22-9-5-3-6-10-22)31(19-23-11-7-4-8-12-23)27(32)20-34-25-15-13-24(29)14-16-25/h3-16,21,26H,17-20H2,1-2H3,(H,30,33). The summed E-state index contributed by atoms with van der Waals surface area (Å²) in [5.41, 5.74) is 1.95. The number of amides is 2. The molecule has 0 spiro atoms. The molecule has 0 aliphatic rings. The minimum absolute atomic E-state index is 0.156. The van der Waals surface area contributed by atoms with Crippen molar-refractivity contribution in [2.75, 3.05) is 13.2 Å². The molecule has 0 bridgehead atoms. The van der Waals surface area contributed by atoms with E-state index >= 15 is 0 Å². The van der Waals surface area contributed by atoms with Crippen LogP contribution in [-0.2, 0) is 22.6 Å². The van der Waals surface area contributed by atoms with E-state index in [1.165, 1.54) is 0 Å². The van der Waals surface area contributed by atoms with Gasteiger partial charge in [0.1, 0.15) is 11.8 Å². The van der Waals surface area contributed by atoms with Crippen molar-refractivity contribution in [2.45, 2.75) is 32.9 Å². The second-order valence-corrected chi connectivity index (χ2v) is 9.51. The fourth-order valence-corrected chi connectivity index (χ4v) is 3.78. The normalized spacial score (nSPS) is 11.6.